The first-order valence-electron chi connectivity index (χ1n) is 8.95. The van der Waals surface area contributed by atoms with Gasteiger partial charge >= 0.3 is 0 Å². The highest BCUT2D eigenvalue weighted by atomic mass is 32.2. The molecule has 0 unspecified atom stereocenters. The van der Waals surface area contributed by atoms with Crippen LogP contribution in [0.1, 0.15) is 24.4 Å². The summed E-state index contributed by atoms with van der Waals surface area (Å²) in [6.07, 6.45) is 3.45. The van der Waals surface area contributed by atoms with Gasteiger partial charge in [-0.1, -0.05) is 12.1 Å². The Kier molecular flexibility index (Phi) is 6.66. The Bertz CT molecular complexity index is 987. The minimum absolute atomic E-state index is 0.133. The third-order valence-corrected chi connectivity index (χ3v) is 5.18. The summed E-state index contributed by atoms with van der Waals surface area (Å²) < 4.78 is 15.1. The molecule has 0 aliphatic heterocycles. The molecule has 6 nitrogen and oxygen atoms in total. The first-order chi connectivity index (χ1) is 13.9. The van der Waals surface area contributed by atoms with Crippen LogP contribution in [0.2, 0.25) is 0 Å². The molecule has 0 aliphatic carbocycles. The predicted octanol–water partition coefficient (Wildman–Crippen LogP) is 3.52. The van der Waals surface area contributed by atoms with Crippen molar-refractivity contribution in [2.45, 2.75) is 17.9 Å². The molecule has 0 fully saturated rings. The molecule has 0 aliphatic rings. The van der Waals surface area contributed by atoms with E-state index in [1.807, 2.05) is 23.7 Å². The summed E-state index contributed by atoms with van der Waals surface area (Å²) in [4.78, 5) is 28.9. The highest BCUT2D eigenvalue weighted by Gasteiger charge is 2.20. The van der Waals surface area contributed by atoms with Crippen molar-refractivity contribution in [2.24, 2.45) is 7.05 Å². The summed E-state index contributed by atoms with van der Waals surface area (Å²) in [5, 5.41) is 5.68. The van der Waals surface area contributed by atoms with Crippen LogP contribution in [0.3, 0.4) is 0 Å². The molecule has 1 heterocycles. The second-order valence-corrected chi connectivity index (χ2v) is 7.49. The number of benzene rings is 2. The topological polar surface area (TPSA) is 76.0 Å². The van der Waals surface area contributed by atoms with Crippen molar-refractivity contribution in [3.8, 4) is 0 Å². The number of hydrogen-bond acceptors (Lipinski definition) is 4. The number of imidazole rings is 1. The second-order valence-electron chi connectivity index (χ2n) is 6.44. The molecule has 0 radical (unpaired) electrons. The Hall–Kier alpha value is -3.13. The summed E-state index contributed by atoms with van der Waals surface area (Å²) in [7, 11) is 1.84. The van der Waals surface area contributed by atoms with Gasteiger partial charge in [0.15, 0.2) is 0 Å². The number of nitrogens with zero attached hydrogens (tertiary/aromatic N) is 2. The predicted molar refractivity (Wildman–Crippen MR) is 111 cm³/mol. The molecule has 8 heteroatoms. The van der Waals surface area contributed by atoms with Crippen LogP contribution in [0.5, 0.6) is 0 Å². The van der Waals surface area contributed by atoms with E-state index in [1.54, 1.807) is 36.7 Å². The summed E-state index contributed by atoms with van der Waals surface area (Å²) in [5.41, 5.74) is 1.45. The van der Waals surface area contributed by atoms with Gasteiger partial charge in [-0.25, -0.2) is 9.37 Å². The van der Waals surface area contributed by atoms with E-state index in [1.165, 1.54) is 30.8 Å². The van der Waals surface area contributed by atoms with Crippen molar-refractivity contribution in [2.75, 3.05) is 11.1 Å². The van der Waals surface area contributed by atoms with Gasteiger partial charge in [0.05, 0.1) is 5.75 Å². The monoisotopic (exact) mass is 412 g/mol. The molecular formula is C21H21FN4O2S. The van der Waals surface area contributed by atoms with E-state index < -0.39 is 6.04 Å². The average Bonchev–Trinajstić information content (AvgIpc) is 3.11. The van der Waals surface area contributed by atoms with Crippen LogP contribution in [-0.2, 0) is 16.6 Å². The SMILES string of the molecule is CC(=O)Nc1ccc(SCC(=O)N[C@H](c2ccc(F)cc2)c2nccn2C)cc1. The van der Waals surface area contributed by atoms with Crippen LogP contribution < -0.4 is 10.6 Å². The van der Waals surface area contributed by atoms with E-state index in [4.69, 9.17) is 0 Å². The first-order valence-corrected chi connectivity index (χ1v) is 9.93. The minimum atomic E-state index is -0.481. The lowest BCUT2D eigenvalue weighted by molar-refractivity contribution is -0.119. The fourth-order valence-electron chi connectivity index (χ4n) is 2.80. The molecule has 3 aromatic rings. The molecule has 2 N–H and O–H groups in total. The van der Waals surface area contributed by atoms with Crippen LogP contribution in [0.15, 0.2) is 65.8 Å². The zero-order valence-corrected chi connectivity index (χ0v) is 16.9. The molecule has 2 aromatic carbocycles. The van der Waals surface area contributed by atoms with Gasteiger partial charge in [0, 0.05) is 36.9 Å². The fourth-order valence-corrected chi connectivity index (χ4v) is 3.51. The molecule has 1 atom stereocenters. The molecular weight excluding hydrogens is 391 g/mol. The van der Waals surface area contributed by atoms with Crippen LogP contribution in [0.4, 0.5) is 10.1 Å². The smallest absolute Gasteiger partial charge is 0.231 e. The Morgan fingerprint density at radius 2 is 1.83 bits per heavy atom. The van der Waals surface area contributed by atoms with Crippen molar-refractivity contribution in [1.82, 2.24) is 14.9 Å². The van der Waals surface area contributed by atoms with Crippen LogP contribution >= 0.6 is 11.8 Å². The minimum Gasteiger partial charge on any atom is -0.341 e. The maximum Gasteiger partial charge on any atom is 0.231 e. The summed E-state index contributed by atoms with van der Waals surface area (Å²) in [6, 6.07) is 12.8. The molecule has 0 bridgehead atoms. The van der Waals surface area contributed by atoms with Crippen molar-refractivity contribution in [1.29, 1.82) is 0 Å². The van der Waals surface area contributed by atoms with Crippen molar-refractivity contribution in [3.63, 3.8) is 0 Å². The number of rotatable bonds is 7. The average molecular weight is 412 g/mol. The van der Waals surface area contributed by atoms with Crippen molar-refractivity contribution in [3.05, 3.63) is 78.1 Å². The Balaban J connectivity index is 1.66. The molecule has 2 amide bonds. The number of halogens is 1. The summed E-state index contributed by atoms with van der Waals surface area (Å²) in [6.45, 7) is 1.45. The van der Waals surface area contributed by atoms with Gasteiger partial charge in [-0.2, -0.15) is 0 Å². The largest absolute Gasteiger partial charge is 0.341 e. The number of nitrogens with one attached hydrogen (secondary N) is 2. The van der Waals surface area contributed by atoms with E-state index in [9.17, 15) is 14.0 Å². The quantitative estimate of drug-likeness (QED) is 0.582. The lowest BCUT2D eigenvalue weighted by Gasteiger charge is -2.19. The molecule has 0 saturated carbocycles. The van der Waals surface area contributed by atoms with Crippen LogP contribution in [-0.4, -0.2) is 27.1 Å². The van der Waals surface area contributed by atoms with Gasteiger partial charge in [-0.15, -0.1) is 11.8 Å². The number of anilines is 1. The summed E-state index contributed by atoms with van der Waals surface area (Å²) in [5.74, 6) is 0.234. The maximum absolute atomic E-state index is 13.3. The number of hydrogen-bond donors (Lipinski definition) is 2. The van der Waals surface area contributed by atoms with Gasteiger partial charge in [-0.05, 0) is 42.0 Å². The molecule has 1 aromatic heterocycles. The Morgan fingerprint density at radius 1 is 1.14 bits per heavy atom. The standard InChI is InChI=1S/C21H21FN4O2S/c1-14(27)24-17-7-9-18(10-8-17)29-13-19(28)25-20(21-23-11-12-26(21)2)15-3-5-16(22)6-4-15/h3-12,20H,13H2,1-2H3,(H,24,27)(H,25,28)/t20-/m1/s1. The number of aromatic nitrogens is 2. The zero-order valence-electron chi connectivity index (χ0n) is 16.1. The lowest BCUT2D eigenvalue weighted by Crippen LogP contribution is -2.32. The number of carbonyl (C=O) groups excluding carboxylic acids is 2. The molecule has 3 rings (SSSR count). The zero-order chi connectivity index (χ0) is 20.8. The van der Waals surface area contributed by atoms with Gasteiger partial charge < -0.3 is 15.2 Å². The van der Waals surface area contributed by atoms with Crippen LogP contribution in [0, 0.1) is 5.82 Å². The van der Waals surface area contributed by atoms with E-state index >= 15 is 0 Å². The second kappa shape index (κ2) is 9.38. The fraction of sp³-hybridized carbons (Fsp3) is 0.190. The number of thioether (sulfide) groups is 1. The Morgan fingerprint density at radius 3 is 2.41 bits per heavy atom. The van der Waals surface area contributed by atoms with Gasteiger partial charge in [0.1, 0.15) is 17.7 Å². The molecule has 29 heavy (non-hydrogen) atoms. The highest BCUT2D eigenvalue weighted by molar-refractivity contribution is 8.00. The lowest BCUT2D eigenvalue weighted by atomic mass is 10.1. The van der Waals surface area contributed by atoms with Gasteiger partial charge in [0.2, 0.25) is 11.8 Å². The van der Waals surface area contributed by atoms with Gasteiger partial charge in [0.25, 0.3) is 0 Å². The third-order valence-electron chi connectivity index (χ3n) is 4.17. The molecule has 0 saturated heterocycles. The summed E-state index contributed by atoms with van der Waals surface area (Å²) >= 11 is 1.39. The number of carbonyl (C=O) groups is 2. The third kappa shape index (κ3) is 5.68. The van der Waals surface area contributed by atoms with E-state index in [2.05, 4.69) is 15.6 Å². The highest BCUT2D eigenvalue weighted by Crippen LogP contribution is 2.23. The van der Waals surface area contributed by atoms with Crippen molar-refractivity contribution < 1.29 is 14.0 Å². The van der Waals surface area contributed by atoms with E-state index in [0.717, 1.165) is 10.5 Å². The molecule has 150 valence electrons. The number of aryl methyl sites for hydroxylation is 1. The van der Waals surface area contributed by atoms with Crippen molar-refractivity contribution >= 4 is 29.3 Å². The van der Waals surface area contributed by atoms with E-state index in [0.29, 0.717) is 11.5 Å². The normalized spacial score (nSPS) is 11.7. The van der Waals surface area contributed by atoms with E-state index in [-0.39, 0.29) is 23.4 Å². The number of amides is 2. The molecule has 0 spiro atoms. The van der Waals surface area contributed by atoms with Gasteiger partial charge in [-0.3, -0.25) is 9.59 Å². The first kappa shape index (κ1) is 20.6. The van der Waals surface area contributed by atoms with Crippen LogP contribution in [0.25, 0.3) is 0 Å². The maximum atomic E-state index is 13.3. The Labute approximate surface area is 172 Å².